The van der Waals surface area contributed by atoms with Gasteiger partial charge in [-0.05, 0) is 41.8 Å². The molecule has 1 aliphatic rings. The smallest absolute Gasteiger partial charge is 0.138 e. The Morgan fingerprint density at radius 3 is 2.61 bits per heavy atom. The molecule has 0 atom stereocenters. The highest BCUT2D eigenvalue weighted by Gasteiger charge is 2.20. The van der Waals surface area contributed by atoms with Crippen molar-refractivity contribution in [1.82, 2.24) is 9.88 Å². The summed E-state index contributed by atoms with van der Waals surface area (Å²) in [5, 5.41) is 12.2. The van der Waals surface area contributed by atoms with Crippen molar-refractivity contribution >= 4 is 27.2 Å². The van der Waals surface area contributed by atoms with E-state index in [2.05, 4.69) is 27.3 Å². The Balaban J connectivity index is 1.60. The van der Waals surface area contributed by atoms with Crippen molar-refractivity contribution in [1.29, 1.82) is 0 Å². The van der Waals surface area contributed by atoms with Crippen molar-refractivity contribution < 1.29 is 14.2 Å². The van der Waals surface area contributed by atoms with Crippen LogP contribution in [0.3, 0.4) is 0 Å². The third-order valence-electron chi connectivity index (χ3n) is 5.01. The number of nitrogens with zero attached hydrogens (tertiary/aromatic N) is 3. The average molecular weight is 402 g/mol. The maximum Gasteiger partial charge on any atom is 0.138 e. The standard InChI is InChI=1S/C21H24FN3O2S/c22-6-7-24-8-10-25(11-9-24)21-18-5-14-28-20(18)15-19(23-21)16-1-3-17(4-2-16)27-13-12-26/h1-5,14-15,26H,6-13H2. The molecule has 2 aromatic heterocycles. The van der Waals surface area contributed by atoms with E-state index in [1.54, 1.807) is 11.3 Å². The molecule has 1 aliphatic heterocycles. The van der Waals surface area contributed by atoms with Gasteiger partial charge in [-0.1, -0.05) is 0 Å². The number of ether oxygens (including phenoxy) is 1. The number of anilines is 1. The molecule has 1 aromatic carbocycles. The van der Waals surface area contributed by atoms with E-state index in [-0.39, 0.29) is 19.9 Å². The molecule has 0 bridgehead atoms. The van der Waals surface area contributed by atoms with Gasteiger partial charge >= 0.3 is 0 Å². The van der Waals surface area contributed by atoms with E-state index in [0.717, 1.165) is 49.0 Å². The first kappa shape index (κ1) is 19.1. The van der Waals surface area contributed by atoms with Gasteiger partial charge in [0.2, 0.25) is 0 Å². The number of alkyl halides is 1. The number of hydrogen-bond acceptors (Lipinski definition) is 6. The van der Waals surface area contributed by atoms with Gasteiger partial charge in [0.15, 0.2) is 0 Å². The van der Waals surface area contributed by atoms with E-state index in [9.17, 15) is 4.39 Å². The predicted octanol–water partition coefficient (Wildman–Crippen LogP) is 3.43. The van der Waals surface area contributed by atoms with Crippen LogP contribution in [0.15, 0.2) is 41.8 Å². The third-order valence-corrected chi connectivity index (χ3v) is 5.88. The number of benzene rings is 1. The summed E-state index contributed by atoms with van der Waals surface area (Å²) >= 11 is 1.72. The summed E-state index contributed by atoms with van der Waals surface area (Å²) in [5.74, 6) is 1.74. The topological polar surface area (TPSA) is 48.8 Å². The molecule has 0 saturated carbocycles. The molecule has 148 valence electrons. The fourth-order valence-corrected chi connectivity index (χ4v) is 4.34. The number of piperazine rings is 1. The molecule has 7 heteroatoms. The number of fused-ring (bicyclic) bond motifs is 1. The van der Waals surface area contributed by atoms with Gasteiger partial charge in [-0.2, -0.15) is 0 Å². The second-order valence-corrected chi connectivity index (χ2v) is 7.73. The first-order valence-electron chi connectivity index (χ1n) is 9.54. The number of aliphatic hydroxyl groups excluding tert-OH is 1. The second-order valence-electron chi connectivity index (χ2n) is 6.78. The lowest BCUT2D eigenvalue weighted by Gasteiger charge is -2.35. The van der Waals surface area contributed by atoms with Crippen LogP contribution < -0.4 is 9.64 Å². The summed E-state index contributed by atoms with van der Waals surface area (Å²) in [6, 6.07) is 12.1. The lowest BCUT2D eigenvalue weighted by atomic mass is 10.1. The molecule has 3 aromatic rings. The van der Waals surface area contributed by atoms with Gasteiger partial charge in [0.05, 0.1) is 12.3 Å². The summed E-state index contributed by atoms with van der Waals surface area (Å²) in [5.41, 5.74) is 1.97. The van der Waals surface area contributed by atoms with Gasteiger partial charge in [0.25, 0.3) is 0 Å². The SMILES string of the molecule is OCCOc1ccc(-c2cc3sccc3c(N3CCN(CCF)CC3)n2)cc1. The number of aromatic nitrogens is 1. The van der Waals surface area contributed by atoms with Crippen LogP contribution in [0, 0.1) is 0 Å². The summed E-state index contributed by atoms with van der Waals surface area (Å²) in [6.07, 6.45) is 0. The molecular weight excluding hydrogens is 377 g/mol. The van der Waals surface area contributed by atoms with E-state index >= 15 is 0 Å². The minimum atomic E-state index is -0.291. The lowest BCUT2D eigenvalue weighted by Crippen LogP contribution is -2.47. The summed E-state index contributed by atoms with van der Waals surface area (Å²) in [4.78, 5) is 9.46. The van der Waals surface area contributed by atoms with Crippen molar-refractivity contribution in [3.05, 3.63) is 41.8 Å². The van der Waals surface area contributed by atoms with Crippen LogP contribution in [0.1, 0.15) is 0 Å². The third kappa shape index (κ3) is 4.11. The highest BCUT2D eigenvalue weighted by Crippen LogP contribution is 2.34. The normalized spacial score (nSPS) is 15.3. The molecule has 0 spiro atoms. The lowest BCUT2D eigenvalue weighted by molar-refractivity contribution is 0.201. The van der Waals surface area contributed by atoms with Gasteiger partial charge in [0, 0.05) is 48.4 Å². The fourth-order valence-electron chi connectivity index (χ4n) is 3.53. The quantitative estimate of drug-likeness (QED) is 0.657. The zero-order valence-corrected chi connectivity index (χ0v) is 16.5. The zero-order chi connectivity index (χ0) is 19.3. The fraction of sp³-hybridized carbons (Fsp3) is 0.381. The number of rotatable bonds is 7. The van der Waals surface area contributed by atoms with Gasteiger partial charge in [-0.25, -0.2) is 9.37 Å². The molecule has 3 heterocycles. The second kappa shape index (κ2) is 8.86. The van der Waals surface area contributed by atoms with Gasteiger partial charge in [-0.3, -0.25) is 4.90 Å². The Bertz CT molecular complexity index is 908. The maximum atomic E-state index is 12.6. The highest BCUT2D eigenvalue weighted by atomic mass is 32.1. The Labute approximate surface area is 168 Å². The molecule has 4 rings (SSSR count). The summed E-state index contributed by atoms with van der Waals surface area (Å²) in [7, 11) is 0. The number of pyridine rings is 1. The minimum Gasteiger partial charge on any atom is -0.491 e. The molecule has 0 unspecified atom stereocenters. The zero-order valence-electron chi connectivity index (χ0n) is 15.7. The van der Waals surface area contributed by atoms with E-state index in [1.807, 2.05) is 24.3 Å². The van der Waals surface area contributed by atoms with Crippen LogP contribution in [0.4, 0.5) is 10.2 Å². The van der Waals surface area contributed by atoms with Gasteiger partial charge in [0.1, 0.15) is 24.8 Å². The van der Waals surface area contributed by atoms with Crippen molar-refractivity contribution in [2.75, 3.05) is 57.5 Å². The number of aliphatic hydroxyl groups is 1. The minimum absolute atomic E-state index is 0.000302. The first-order valence-corrected chi connectivity index (χ1v) is 10.4. The monoisotopic (exact) mass is 401 g/mol. The predicted molar refractivity (Wildman–Crippen MR) is 112 cm³/mol. The van der Waals surface area contributed by atoms with Crippen LogP contribution in [0.2, 0.25) is 0 Å². The van der Waals surface area contributed by atoms with Crippen molar-refractivity contribution in [2.45, 2.75) is 0 Å². The van der Waals surface area contributed by atoms with E-state index in [0.29, 0.717) is 6.54 Å². The average Bonchev–Trinajstić information content (AvgIpc) is 3.21. The van der Waals surface area contributed by atoms with Crippen LogP contribution in [-0.2, 0) is 0 Å². The largest absolute Gasteiger partial charge is 0.491 e. The van der Waals surface area contributed by atoms with Crippen molar-refractivity contribution in [3.63, 3.8) is 0 Å². The Morgan fingerprint density at radius 2 is 1.89 bits per heavy atom. The van der Waals surface area contributed by atoms with Gasteiger partial charge < -0.3 is 14.7 Å². The van der Waals surface area contributed by atoms with Gasteiger partial charge in [-0.15, -0.1) is 11.3 Å². The van der Waals surface area contributed by atoms with Crippen molar-refractivity contribution in [2.24, 2.45) is 0 Å². The van der Waals surface area contributed by atoms with E-state index in [4.69, 9.17) is 14.8 Å². The summed E-state index contributed by atoms with van der Waals surface area (Å²) in [6.45, 7) is 3.94. The number of thiophene rings is 1. The molecule has 28 heavy (non-hydrogen) atoms. The number of halogens is 1. The molecule has 0 radical (unpaired) electrons. The van der Waals surface area contributed by atoms with E-state index in [1.165, 1.54) is 10.1 Å². The molecule has 0 aliphatic carbocycles. The van der Waals surface area contributed by atoms with Crippen LogP contribution >= 0.6 is 11.3 Å². The maximum absolute atomic E-state index is 12.6. The molecule has 1 fully saturated rings. The summed E-state index contributed by atoms with van der Waals surface area (Å²) < 4.78 is 19.3. The first-order chi connectivity index (χ1) is 13.8. The molecular formula is C21H24FN3O2S. The van der Waals surface area contributed by atoms with Crippen LogP contribution in [0.25, 0.3) is 21.3 Å². The Kier molecular flexibility index (Phi) is 6.04. The Hall–Kier alpha value is -2.22. The molecule has 5 nitrogen and oxygen atoms in total. The highest BCUT2D eigenvalue weighted by molar-refractivity contribution is 7.17. The van der Waals surface area contributed by atoms with Crippen LogP contribution in [-0.4, -0.2) is 67.6 Å². The van der Waals surface area contributed by atoms with Crippen LogP contribution in [0.5, 0.6) is 5.75 Å². The molecule has 1 saturated heterocycles. The molecule has 0 amide bonds. The molecule has 1 N–H and O–H groups in total. The van der Waals surface area contributed by atoms with E-state index < -0.39 is 0 Å². The Morgan fingerprint density at radius 1 is 1.11 bits per heavy atom. The van der Waals surface area contributed by atoms with Crippen molar-refractivity contribution in [3.8, 4) is 17.0 Å². The number of hydrogen-bond donors (Lipinski definition) is 1.